The Morgan fingerprint density at radius 3 is 2.84 bits per heavy atom. The topological polar surface area (TPSA) is 47.5 Å². The SMILES string of the molecule is CCOc1cc(N2CCC(OCCCl)CC2)ncn1. The molecule has 19 heavy (non-hydrogen) atoms. The number of nitrogens with zero attached hydrogens (tertiary/aromatic N) is 3. The second kappa shape index (κ2) is 7.50. The molecule has 1 aromatic heterocycles. The fourth-order valence-electron chi connectivity index (χ4n) is 2.19. The molecule has 0 amide bonds. The van der Waals surface area contributed by atoms with Gasteiger partial charge in [-0.1, -0.05) is 0 Å². The Labute approximate surface area is 118 Å². The van der Waals surface area contributed by atoms with E-state index in [-0.39, 0.29) is 0 Å². The van der Waals surface area contributed by atoms with Crippen molar-refractivity contribution < 1.29 is 9.47 Å². The van der Waals surface area contributed by atoms with Crippen LogP contribution in [0.2, 0.25) is 0 Å². The van der Waals surface area contributed by atoms with Crippen molar-refractivity contribution in [3.05, 3.63) is 12.4 Å². The molecule has 0 N–H and O–H groups in total. The molecule has 0 saturated carbocycles. The summed E-state index contributed by atoms with van der Waals surface area (Å²) in [7, 11) is 0. The maximum Gasteiger partial charge on any atom is 0.218 e. The van der Waals surface area contributed by atoms with Gasteiger partial charge in [0.2, 0.25) is 5.88 Å². The van der Waals surface area contributed by atoms with Crippen LogP contribution in [0.5, 0.6) is 5.88 Å². The zero-order chi connectivity index (χ0) is 13.5. The molecular formula is C13H20ClN3O2. The van der Waals surface area contributed by atoms with E-state index >= 15 is 0 Å². The highest BCUT2D eigenvalue weighted by atomic mass is 35.5. The summed E-state index contributed by atoms with van der Waals surface area (Å²) in [5, 5.41) is 0. The highest BCUT2D eigenvalue weighted by Gasteiger charge is 2.20. The van der Waals surface area contributed by atoms with E-state index in [4.69, 9.17) is 21.1 Å². The van der Waals surface area contributed by atoms with Crippen LogP contribution < -0.4 is 9.64 Å². The average Bonchev–Trinajstić information content (AvgIpc) is 2.46. The van der Waals surface area contributed by atoms with Gasteiger partial charge in [-0.25, -0.2) is 9.97 Å². The monoisotopic (exact) mass is 285 g/mol. The molecule has 0 aromatic carbocycles. The molecule has 106 valence electrons. The predicted octanol–water partition coefficient (Wildman–Crippen LogP) is 2.10. The Balaban J connectivity index is 1.88. The van der Waals surface area contributed by atoms with E-state index in [1.54, 1.807) is 6.33 Å². The molecule has 0 atom stereocenters. The summed E-state index contributed by atoms with van der Waals surface area (Å²) in [6.07, 6.45) is 3.88. The van der Waals surface area contributed by atoms with Crippen LogP contribution in [-0.2, 0) is 4.74 Å². The lowest BCUT2D eigenvalue weighted by molar-refractivity contribution is 0.0471. The van der Waals surface area contributed by atoms with Gasteiger partial charge in [0.05, 0.1) is 19.3 Å². The molecule has 1 fully saturated rings. The van der Waals surface area contributed by atoms with Crippen molar-refractivity contribution in [3.63, 3.8) is 0 Å². The molecule has 0 bridgehead atoms. The van der Waals surface area contributed by atoms with Crippen molar-refractivity contribution in [2.45, 2.75) is 25.9 Å². The summed E-state index contributed by atoms with van der Waals surface area (Å²) < 4.78 is 11.1. The van der Waals surface area contributed by atoms with E-state index in [1.165, 1.54) is 0 Å². The van der Waals surface area contributed by atoms with E-state index in [0.717, 1.165) is 31.7 Å². The van der Waals surface area contributed by atoms with Crippen LogP contribution in [0.3, 0.4) is 0 Å². The minimum absolute atomic E-state index is 0.322. The number of hydrogen-bond acceptors (Lipinski definition) is 5. The molecule has 0 unspecified atom stereocenters. The van der Waals surface area contributed by atoms with Crippen LogP contribution in [0, 0.1) is 0 Å². The normalized spacial score (nSPS) is 16.6. The minimum atomic E-state index is 0.322. The van der Waals surface area contributed by atoms with Crippen molar-refractivity contribution >= 4 is 17.4 Å². The molecule has 1 aliphatic rings. The van der Waals surface area contributed by atoms with Gasteiger partial charge in [0.15, 0.2) is 0 Å². The standard InChI is InChI=1S/C13H20ClN3O2/c1-2-18-13-9-12(15-10-16-13)17-6-3-11(4-7-17)19-8-5-14/h9-11H,2-8H2,1H3. The van der Waals surface area contributed by atoms with Gasteiger partial charge >= 0.3 is 0 Å². The summed E-state index contributed by atoms with van der Waals surface area (Å²) in [4.78, 5) is 10.6. The number of halogens is 1. The first-order chi connectivity index (χ1) is 9.33. The zero-order valence-electron chi connectivity index (χ0n) is 11.2. The van der Waals surface area contributed by atoms with Crippen molar-refractivity contribution in [1.29, 1.82) is 0 Å². The summed E-state index contributed by atoms with van der Waals surface area (Å²) in [5.41, 5.74) is 0. The zero-order valence-corrected chi connectivity index (χ0v) is 12.0. The van der Waals surface area contributed by atoms with Gasteiger partial charge in [-0.3, -0.25) is 0 Å². The lowest BCUT2D eigenvalue weighted by Gasteiger charge is -2.32. The first-order valence-electron chi connectivity index (χ1n) is 6.71. The summed E-state index contributed by atoms with van der Waals surface area (Å²) in [6.45, 7) is 5.07. The number of anilines is 1. The number of rotatable bonds is 6. The third kappa shape index (κ3) is 4.21. The highest BCUT2D eigenvalue weighted by Crippen LogP contribution is 2.21. The maximum absolute atomic E-state index is 5.66. The number of alkyl halides is 1. The molecule has 0 aliphatic carbocycles. The van der Waals surface area contributed by atoms with Crippen molar-refractivity contribution in [1.82, 2.24) is 9.97 Å². The molecule has 0 spiro atoms. The van der Waals surface area contributed by atoms with Gasteiger partial charge in [-0.2, -0.15) is 0 Å². The molecule has 0 radical (unpaired) electrons. The lowest BCUT2D eigenvalue weighted by atomic mass is 10.1. The molecule has 2 heterocycles. The Bertz CT molecular complexity index is 384. The van der Waals surface area contributed by atoms with E-state index in [2.05, 4.69) is 14.9 Å². The first-order valence-corrected chi connectivity index (χ1v) is 7.24. The number of aromatic nitrogens is 2. The van der Waals surface area contributed by atoms with Crippen LogP contribution in [0.4, 0.5) is 5.82 Å². The lowest BCUT2D eigenvalue weighted by Crippen LogP contribution is -2.37. The van der Waals surface area contributed by atoms with Gasteiger partial charge in [0, 0.05) is 25.0 Å². The van der Waals surface area contributed by atoms with E-state index in [0.29, 0.717) is 31.1 Å². The smallest absolute Gasteiger partial charge is 0.218 e. The molecule has 2 rings (SSSR count). The number of hydrogen-bond donors (Lipinski definition) is 0. The van der Waals surface area contributed by atoms with E-state index in [1.807, 2.05) is 13.0 Å². The minimum Gasteiger partial charge on any atom is -0.478 e. The predicted molar refractivity (Wildman–Crippen MR) is 75.1 cm³/mol. The fraction of sp³-hybridized carbons (Fsp3) is 0.692. The van der Waals surface area contributed by atoms with Crippen LogP contribution in [0.15, 0.2) is 12.4 Å². The molecule has 5 nitrogen and oxygen atoms in total. The molecular weight excluding hydrogens is 266 g/mol. The Hall–Kier alpha value is -1.07. The maximum atomic E-state index is 5.66. The van der Waals surface area contributed by atoms with E-state index in [9.17, 15) is 0 Å². The van der Waals surface area contributed by atoms with Crippen LogP contribution in [0.1, 0.15) is 19.8 Å². The van der Waals surface area contributed by atoms with Gasteiger partial charge in [0.25, 0.3) is 0 Å². The molecule has 1 saturated heterocycles. The van der Waals surface area contributed by atoms with Crippen molar-refractivity contribution in [2.75, 3.05) is 37.1 Å². The van der Waals surface area contributed by atoms with Crippen LogP contribution >= 0.6 is 11.6 Å². The summed E-state index contributed by atoms with van der Waals surface area (Å²) in [6, 6.07) is 1.89. The summed E-state index contributed by atoms with van der Waals surface area (Å²) >= 11 is 5.63. The van der Waals surface area contributed by atoms with Gasteiger partial charge < -0.3 is 14.4 Å². The largest absolute Gasteiger partial charge is 0.478 e. The van der Waals surface area contributed by atoms with Gasteiger partial charge in [-0.05, 0) is 19.8 Å². The fourth-order valence-corrected chi connectivity index (χ4v) is 2.28. The van der Waals surface area contributed by atoms with Crippen molar-refractivity contribution in [2.24, 2.45) is 0 Å². The summed E-state index contributed by atoms with van der Waals surface area (Å²) in [5.74, 6) is 2.12. The second-order valence-electron chi connectivity index (χ2n) is 4.39. The Kier molecular flexibility index (Phi) is 5.66. The van der Waals surface area contributed by atoms with Gasteiger partial charge in [-0.15, -0.1) is 11.6 Å². The quantitative estimate of drug-likeness (QED) is 0.749. The third-order valence-corrected chi connectivity index (χ3v) is 3.27. The second-order valence-corrected chi connectivity index (χ2v) is 4.77. The highest BCUT2D eigenvalue weighted by molar-refractivity contribution is 6.17. The number of ether oxygens (including phenoxy) is 2. The first kappa shape index (κ1) is 14.3. The molecule has 1 aromatic rings. The third-order valence-electron chi connectivity index (χ3n) is 3.12. The van der Waals surface area contributed by atoms with Crippen LogP contribution in [-0.4, -0.2) is 48.3 Å². The Morgan fingerprint density at radius 2 is 2.16 bits per heavy atom. The van der Waals surface area contributed by atoms with Crippen molar-refractivity contribution in [3.8, 4) is 5.88 Å². The van der Waals surface area contributed by atoms with Gasteiger partial charge in [0.1, 0.15) is 12.1 Å². The number of piperidine rings is 1. The molecule has 6 heteroatoms. The van der Waals surface area contributed by atoms with E-state index < -0.39 is 0 Å². The van der Waals surface area contributed by atoms with Crippen LogP contribution in [0.25, 0.3) is 0 Å². The Morgan fingerprint density at radius 1 is 1.37 bits per heavy atom. The average molecular weight is 286 g/mol. The molecule has 1 aliphatic heterocycles.